The zero-order valence-electron chi connectivity index (χ0n) is 16.1. The number of H-pyrrole nitrogens is 1. The van der Waals surface area contributed by atoms with Gasteiger partial charge >= 0.3 is 5.97 Å². The summed E-state index contributed by atoms with van der Waals surface area (Å²) in [6.45, 7) is 2.02. The van der Waals surface area contributed by atoms with Gasteiger partial charge in [-0.25, -0.2) is 0 Å². The predicted molar refractivity (Wildman–Crippen MR) is 113 cm³/mol. The van der Waals surface area contributed by atoms with Crippen LogP contribution in [0, 0.1) is 17.0 Å². The van der Waals surface area contributed by atoms with Crippen LogP contribution in [0.25, 0.3) is 33.4 Å². The van der Waals surface area contributed by atoms with E-state index in [4.69, 9.17) is 5.11 Å². The summed E-state index contributed by atoms with van der Waals surface area (Å²) in [6, 6.07) is 10.7. The molecule has 2 aromatic carbocycles. The van der Waals surface area contributed by atoms with E-state index in [1.54, 1.807) is 6.07 Å². The normalized spacial score (nSPS) is 11.1. The van der Waals surface area contributed by atoms with Gasteiger partial charge in [-0.15, -0.1) is 10.2 Å². The number of carboxylic acids is 1. The van der Waals surface area contributed by atoms with Crippen molar-refractivity contribution in [2.75, 3.05) is 5.75 Å². The van der Waals surface area contributed by atoms with Crippen LogP contribution < -0.4 is 0 Å². The Morgan fingerprint density at radius 2 is 1.97 bits per heavy atom. The minimum atomic E-state index is -0.970. The van der Waals surface area contributed by atoms with Gasteiger partial charge in [0.05, 0.1) is 10.7 Å². The summed E-state index contributed by atoms with van der Waals surface area (Å²) in [7, 11) is 1.98. The summed E-state index contributed by atoms with van der Waals surface area (Å²) < 4.78 is 2.04. The van der Waals surface area contributed by atoms with Crippen LogP contribution in [0.2, 0.25) is 0 Å². The number of benzene rings is 2. The van der Waals surface area contributed by atoms with Crippen molar-refractivity contribution in [3.8, 4) is 22.5 Å². The van der Waals surface area contributed by atoms with E-state index in [9.17, 15) is 14.9 Å². The van der Waals surface area contributed by atoms with Crippen LogP contribution in [0.1, 0.15) is 5.56 Å². The average molecular weight is 423 g/mol. The first-order valence-electron chi connectivity index (χ1n) is 8.95. The third-order valence-electron chi connectivity index (χ3n) is 4.72. The van der Waals surface area contributed by atoms with E-state index in [1.165, 1.54) is 12.1 Å². The van der Waals surface area contributed by atoms with Gasteiger partial charge in [-0.2, -0.15) is 0 Å². The Morgan fingerprint density at radius 1 is 1.20 bits per heavy atom. The Kier molecular flexibility index (Phi) is 5.00. The van der Waals surface area contributed by atoms with E-state index in [-0.39, 0.29) is 11.4 Å². The summed E-state index contributed by atoms with van der Waals surface area (Å²) in [5.41, 5.74) is 4.16. The molecular weight excluding hydrogens is 406 g/mol. The van der Waals surface area contributed by atoms with Gasteiger partial charge in [0.1, 0.15) is 0 Å². The number of aliphatic carboxylic acids is 1. The maximum Gasteiger partial charge on any atom is 0.313 e. The van der Waals surface area contributed by atoms with E-state index in [0.29, 0.717) is 22.1 Å². The minimum absolute atomic E-state index is 0.0662. The number of carboxylic acid groups (broad SMARTS) is 1. The molecule has 4 rings (SSSR count). The fraction of sp³-hybridized carbons (Fsp3) is 0.150. The van der Waals surface area contributed by atoms with E-state index in [0.717, 1.165) is 33.8 Å². The highest BCUT2D eigenvalue weighted by atomic mass is 32.2. The molecule has 0 atom stereocenters. The molecule has 0 aliphatic carbocycles. The zero-order chi connectivity index (χ0) is 21.4. The van der Waals surface area contributed by atoms with Crippen LogP contribution in [0.15, 0.2) is 47.8 Å². The predicted octanol–water partition coefficient (Wildman–Crippen LogP) is 4.02. The molecule has 0 saturated carbocycles. The van der Waals surface area contributed by atoms with E-state index in [1.807, 2.05) is 42.9 Å². The summed E-state index contributed by atoms with van der Waals surface area (Å²) in [5.74, 6) is -0.794. The van der Waals surface area contributed by atoms with Crippen molar-refractivity contribution in [2.45, 2.75) is 12.1 Å². The van der Waals surface area contributed by atoms with E-state index in [2.05, 4.69) is 15.2 Å². The molecule has 152 valence electrons. The number of nitro benzene ring substituents is 1. The van der Waals surface area contributed by atoms with Crippen molar-refractivity contribution in [1.82, 2.24) is 19.7 Å². The average Bonchev–Trinajstić information content (AvgIpc) is 3.30. The minimum Gasteiger partial charge on any atom is -0.481 e. The number of nitrogens with one attached hydrogen (secondary N) is 1. The number of aromatic nitrogens is 4. The number of hydrogen-bond donors (Lipinski definition) is 2. The van der Waals surface area contributed by atoms with Gasteiger partial charge in [-0.05, 0) is 41.8 Å². The standard InChI is InChI=1S/C20H17N5O4S/c1-11-9-24(2)17-4-3-12(8-16(11)17)13-5-14(7-15(6-13)25(28)29)19-21-20(23-22-19)30-10-18(26)27/h3-9H,10H2,1-2H3,(H,26,27)(H,21,22,23). The molecule has 0 aliphatic heterocycles. The first-order chi connectivity index (χ1) is 14.3. The van der Waals surface area contributed by atoms with Gasteiger partial charge in [0, 0.05) is 41.8 Å². The SMILES string of the molecule is Cc1cn(C)c2ccc(-c3cc(-c4nnc(SCC(=O)O)[nH]4)cc([N+](=O)[O-])c3)cc12. The number of hydrogen-bond acceptors (Lipinski definition) is 6. The van der Waals surface area contributed by atoms with Crippen molar-refractivity contribution >= 4 is 34.3 Å². The number of carbonyl (C=O) groups is 1. The van der Waals surface area contributed by atoms with Crippen LogP contribution >= 0.6 is 11.8 Å². The van der Waals surface area contributed by atoms with Crippen molar-refractivity contribution in [2.24, 2.45) is 7.05 Å². The van der Waals surface area contributed by atoms with Gasteiger partial charge in [0.2, 0.25) is 0 Å². The summed E-state index contributed by atoms with van der Waals surface area (Å²) in [4.78, 5) is 24.7. The van der Waals surface area contributed by atoms with Gasteiger partial charge in [-0.1, -0.05) is 17.8 Å². The maximum atomic E-state index is 11.5. The fourth-order valence-corrected chi connectivity index (χ4v) is 3.89. The second-order valence-electron chi connectivity index (χ2n) is 6.84. The van der Waals surface area contributed by atoms with Crippen LogP contribution in [-0.4, -0.2) is 41.5 Å². The van der Waals surface area contributed by atoms with Gasteiger partial charge in [-0.3, -0.25) is 14.9 Å². The number of rotatable bonds is 6. The lowest BCUT2D eigenvalue weighted by Gasteiger charge is -2.06. The molecule has 0 aliphatic rings. The van der Waals surface area contributed by atoms with Crippen molar-refractivity contribution in [3.63, 3.8) is 0 Å². The van der Waals surface area contributed by atoms with Gasteiger partial charge in [0.15, 0.2) is 11.0 Å². The van der Waals surface area contributed by atoms with E-state index >= 15 is 0 Å². The Bertz CT molecular complexity index is 1290. The van der Waals surface area contributed by atoms with Crippen LogP contribution in [-0.2, 0) is 11.8 Å². The van der Waals surface area contributed by atoms with Crippen molar-refractivity contribution < 1.29 is 14.8 Å². The number of non-ortho nitro benzene ring substituents is 1. The molecule has 0 fully saturated rings. The fourth-order valence-electron chi connectivity index (χ4n) is 3.36. The second kappa shape index (κ2) is 7.64. The summed E-state index contributed by atoms with van der Waals surface area (Å²) in [5, 5.41) is 29.7. The van der Waals surface area contributed by atoms with Gasteiger partial charge < -0.3 is 14.7 Å². The second-order valence-corrected chi connectivity index (χ2v) is 7.81. The number of aromatic amines is 1. The molecule has 2 aromatic heterocycles. The van der Waals surface area contributed by atoms with Gasteiger partial charge in [0.25, 0.3) is 5.69 Å². The quantitative estimate of drug-likeness (QED) is 0.272. The molecule has 0 radical (unpaired) electrons. The smallest absolute Gasteiger partial charge is 0.313 e. The van der Waals surface area contributed by atoms with Crippen LogP contribution in [0.5, 0.6) is 0 Å². The molecule has 2 heterocycles. The summed E-state index contributed by atoms with van der Waals surface area (Å²) >= 11 is 0.996. The molecule has 2 N–H and O–H groups in total. The molecule has 0 unspecified atom stereocenters. The largest absolute Gasteiger partial charge is 0.481 e. The Hall–Kier alpha value is -3.66. The molecule has 10 heteroatoms. The number of fused-ring (bicyclic) bond motifs is 1. The highest BCUT2D eigenvalue weighted by molar-refractivity contribution is 7.99. The zero-order valence-corrected chi connectivity index (χ0v) is 16.9. The van der Waals surface area contributed by atoms with Crippen LogP contribution in [0.4, 0.5) is 5.69 Å². The Balaban J connectivity index is 1.78. The number of nitro groups is 1. The molecule has 0 saturated heterocycles. The summed E-state index contributed by atoms with van der Waals surface area (Å²) in [6.07, 6.45) is 2.04. The molecule has 30 heavy (non-hydrogen) atoms. The lowest BCUT2D eigenvalue weighted by molar-refractivity contribution is -0.384. The lowest BCUT2D eigenvalue weighted by atomic mass is 10.00. The number of nitrogens with zero attached hydrogens (tertiary/aromatic N) is 4. The molecule has 0 spiro atoms. The molecule has 0 bridgehead atoms. The molecule has 9 nitrogen and oxygen atoms in total. The van der Waals surface area contributed by atoms with Crippen molar-refractivity contribution in [3.05, 3.63) is 58.3 Å². The molecule has 4 aromatic rings. The maximum absolute atomic E-state index is 11.5. The third kappa shape index (κ3) is 3.77. The number of aryl methyl sites for hydroxylation is 2. The highest BCUT2D eigenvalue weighted by Crippen LogP contribution is 2.33. The highest BCUT2D eigenvalue weighted by Gasteiger charge is 2.16. The third-order valence-corrected chi connectivity index (χ3v) is 5.57. The monoisotopic (exact) mass is 423 g/mol. The first-order valence-corrected chi connectivity index (χ1v) is 9.93. The lowest BCUT2D eigenvalue weighted by Crippen LogP contribution is -1.97. The molecule has 0 amide bonds. The number of thioether (sulfide) groups is 1. The Labute approximate surface area is 174 Å². The topological polar surface area (TPSA) is 127 Å². The van der Waals surface area contributed by atoms with Crippen LogP contribution in [0.3, 0.4) is 0 Å². The Morgan fingerprint density at radius 3 is 2.70 bits per heavy atom. The molecular formula is C20H17N5O4S. The van der Waals surface area contributed by atoms with E-state index < -0.39 is 10.9 Å². The first kappa shape index (κ1) is 19.6. The van der Waals surface area contributed by atoms with Crippen molar-refractivity contribution in [1.29, 1.82) is 0 Å².